The van der Waals surface area contributed by atoms with Crippen LogP contribution in [0.3, 0.4) is 0 Å². The highest BCUT2D eigenvalue weighted by molar-refractivity contribution is 7.20. The molecule has 1 atom stereocenters. The van der Waals surface area contributed by atoms with E-state index in [9.17, 15) is 8.78 Å². The largest absolute Gasteiger partial charge is 0.320 e. The van der Waals surface area contributed by atoms with Gasteiger partial charge in [-0.3, -0.25) is 0 Å². The molecule has 1 aromatic carbocycles. The summed E-state index contributed by atoms with van der Waals surface area (Å²) in [7, 11) is 0. The molecule has 0 spiro atoms. The minimum absolute atomic E-state index is 0.205. The van der Waals surface area contributed by atoms with Crippen LogP contribution in [0.4, 0.5) is 8.78 Å². The van der Waals surface area contributed by atoms with Crippen LogP contribution in [0.15, 0.2) is 24.3 Å². The van der Waals surface area contributed by atoms with Crippen LogP contribution in [0.2, 0.25) is 8.67 Å². The van der Waals surface area contributed by atoms with Gasteiger partial charge in [0, 0.05) is 11.1 Å². The maximum Gasteiger partial charge on any atom is 0.131 e. The van der Waals surface area contributed by atoms with Crippen molar-refractivity contribution in [3.63, 3.8) is 0 Å². The Kier molecular flexibility index (Phi) is 3.68. The molecule has 1 aromatic heterocycles. The number of nitrogens with two attached hydrogens (primary N) is 1. The minimum Gasteiger partial charge on any atom is -0.320 e. The van der Waals surface area contributed by atoms with E-state index in [2.05, 4.69) is 0 Å². The first kappa shape index (κ1) is 12.8. The first-order chi connectivity index (χ1) is 8.00. The van der Waals surface area contributed by atoms with E-state index >= 15 is 0 Å². The van der Waals surface area contributed by atoms with Gasteiger partial charge in [-0.2, -0.15) is 0 Å². The summed E-state index contributed by atoms with van der Waals surface area (Å²) in [5.74, 6) is -1.40. The summed E-state index contributed by atoms with van der Waals surface area (Å²) in [5.41, 5.74) is 6.03. The topological polar surface area (TPSA) is 26.0 Å². The van der Waals surface area contributed by atoms with E-state index in [-0.39, 0.29) is 5.56 Å². The molecule has 0 fully saturated rings. The Morgan fingerprint density at radius 3 is 2.24 bits per heavy atom. The third-order valence-electron chi connectivity index (χ3n) is 2.33. The third-order valence-corrected chi connectivity index (χ3v) is 3.85. The van der Waals surface area contributed by atoms with Gasteiger partial charge >= 0.3 is 0 Å². The van der Waals surface area contributed by atoms with E-state index in [4.69, 9.17) is 28.9 Å². The van der Waals surface area contributed by atoms with Gasteiger partial charge in [0.05, 0.1) is 14.7 Å². The summed E-state index contributed by atoms with van der Waals surface area (Å²) in [6, 6.07) is 4.14. The molecule has 2 N–H and O–H groups in total. The number of benzene rings is 1. The van der Waals surface area contributed by atoms with Crippen LogP contribution < -0.4 is 5.73 Å². The molecule has 0 saturated carbocycles. The maximum atomic E-state index is 13.5. The summed E-state index contributed by atoms with van der Waals surface area (Å²) in [6.45, 7) is 0. The molecule has 0 aliphatic heterocycles. The molecule has 17 heavy (non-hydrogen) atoms. The van der Waals surface area contributed by atoms with Gasteiger partial charge in [-0.15, -0.1) is 11.3 Å². The molecular weight excluding hydrogens is 287 g/mol. The van der Waals surface area contributed by atoms with E-state index in [1.54, 1.807) is 0 Å². The first-order valence-corrected chi connectivity index (χ1v) is 6.22. The zero-order valence-corrected chi connectivity index (χ0v) is 10.7. The monoisotopic (exact) mass is 293 g/mol. The van der Waals surface area contributed by atoms with Crippen LogP contribution in [0.25, 0.3) is 0 Å². The maximum absolute atomic E-state index is 13.5. The highest BCUT2D eigenvalue weighted by Crippen LogP contribution is 2.37. The molecule has 0 aliphatic rings. The SMILES string of the molecule is NC(c1cc(Cl)sc1Cl)c1c(F)cccc1F. The van der Waals surface area contributed by atoms with Crippen LogP contribution in [-0.4, -0.2) is 0 Å². The third kappa shape index (κ3) is 2.45. The predicted molar refractivity (Wildman–Crippen MR) is 66.7 cm³/mol. The summed E-state index contributed by atoms with van der Waals surface area (Å²) in [6.07, 6.45) is 0. The molecule has 1 unspecified atom stereocenters. The van der Waals surface area contributed by atoms with Gasteiger partial charge in [-0.05, 0) is 18.2 Å². The van der Waals surface area contributed by atoms with Crippen molar-refractivity contribution in [2.24, 2.45) is 5.73 Å². The van der Waals surface area contributed by atoms with Gasteiger partial charge in [0.15, 0.2) is 0 Å². The Morgan fingerprint density at radius 1 is 1.18 bits per heavy atom. The fraction of sp³-hybridized carbons (Fsp3) is 0.0909. The number of hydrogen-bond donors (Lipinski definition) is 1. The quantitative estimate of drug-likeness (QED) is 0.874. The van der Waals surface area contributed by atoms with Crippen LogP contribution in [0, 0.1) is 11.6 Å². The number of thiophene rings is 1. The smallest absolute Gasteiger partial charge is 0.131 e. The second-order valence-electron chi connectivity index (χ2n) is 3.39. The minimum atomic E-state index is -0.965. The van der Waals surface area contributed by atoms with Crippen molar-refractivity contribution in [2.75, 3.05) is 0 Å². The van der Waals surface area contributed by atoms with Gasteiger partial charge in [0.1, 0.15) is 11.6 Å². The molecule has 0 aliphatic carbocycles. The molecule has 0 amide bonds. The second-order valence-corrected chi connectivity index (χ2v) is 5.68. The fourth-order valence-electron chi connectivity index (χ4n) is 1.53. The average molecular weight is 294 g/mol. The van der Waals surface area contributed by atoms with Crippen molar-refractivity contribution >= 4 is 34.5 Å². The zero-order valence-electron chi connectivity index (χ0n) is 8.38. The van der Waals surface area contributed by atoms with Crippen LogP contribution in [-0.2, 0) is 0 Å². The Morgan fingerprint density at radius 2 is 1.76 bits per heavy atom. The van der Waals surface area contributed by atoms with Crippen LogP contribution >= 0.6 is 34.5 Å². The molecule has 0 saturated heterocycles. The lowest BCUT2D eigenvalue weighted by Crippen LogP contribution is -2.15. The Hall–Kier alpha value is -0.680. The van der Waals surface area contributed by atoms with Crippen molar-refractivity contribution in [2.45, 2.75) is 6.04 Å². The van der Waals surface area contributed by atoms with Gasteiger partial charge in [0.2, 0.25) is 0 Å². The van der Waals surface area contributed by atoms with Gasteiger partial charge < -0.3 is 5.73 Å². The van der Waals surface area contributed by atoms with Gasteiger partial charge in [-0.1, -0.05) is 29.3 Å². The van der Waals surface area contributed by atoms with E-state index in [1.165, 1.54) is 12.1 Å². The number of rotatable bonds is 2. The average Bonchev–Trinajstić information content (AvgIpc) is 2.57. The normalized spacial score (nSPS) is 12.8. The number of halogens is 4. The van der Waals surface area contributed by atoms with E-state index in [0.717, 1.165) is 23.5 Å². The van der Waals surface area contributed by atoms with E-state index in [0.29, 0.717) is 14.2 Å². The Labute approximate surface area is 111 Å². The molecular formula is C11H7Cl2F2NS. The molecule has 90 valence electrons. The second kappa shape index (κ2) is 4.90. The molecule has 2 aromatic rings. The van der Waals surface area contributed by atoms with Crippen molar-refractivity contribution in [3.8, 4) is 0 Å². The zero-order chi connectivity index (χ0) is 12.6. The molecule has 1 nitrogen and oxygen atoms in total. The van der Waals surface area contributed by atoms with Crippen molar-refractivity contribution < 1.29 is 8.78 Å². The highest BCUT2D eigenvalue weighted by atomic mass is 35.5. The van der Waals surface area contributed by atoms with E-state index in [1.807, 2.05) is 0 Å². The van der Waals surface area contributed by atoms with Crippen molar-refractivity contribution in [3.05, 3.63) is 55.7 Å². The molecule has 0 bridgehead atoms. The Bertz CT molecular complexity index is 536. The molecule has 1 heterocycles. The van der Waals surface area contributed by atoms with Crippen LogP contribution in [0.1, 0.15) is 17.2 Å². The summed E-state index contributed by atoms with van der Waals surface area (Å²) < 4.78 is 27.8. The molecule has 2 rings (SSSR count). The highest BCUT2D eigenvalue weighted by Gasteiger charge is 2.21. The molecule has 0 radical (unpaired) electrons. The van der Waals surface area contributed by atoms with Gasteiger partial charge in [0.25, 0.3) is 0 Å². The summed E-state index contributed by atoms with van der Waals surface area (Å²) in [5, 5.41) is 0. The summed E-state index contributed by atoms with van der Waals surface area (Å²) >= 11 is 12.8. The standard InChI is InChI=1S/C11H7Cl2F2NS/c12-8-4-5(11(13)17-8)10(16)9-6(14)2-1-3-7(9)15/h1-4,10H,16H2. The summed E-state index contributed by atoms with van der Waals surface area (Å²) in [4.78, 5) is 0. The molecule has 6 heteroatoms. The number of hydrogen-bond acceptors (Lipinski definition) is 2. The van der Waals surface area contributed by atoms with Crippen LogP contribution in [0.5, 0.6) is 0 Å². The lowest BCUT2D eigenvalue weighted by Gasteiger charge is -2.13. The predicted octanol–water partition coefficient (Wildman–Crippen LogP) is 4.38. The lowest BCUT2D eigenvalue weighted by molar-refractivity contribution is 0.543. The fourth-order valence-corrected chi connectivity index (χ4v) is 3.08. The Balaban J connectivity index is 2.51. The van der Waals surface area contributed by atoms with Gasteiger partial charge in [-0.25, -0.2) is 8.78 Å². The first-order valence-electron chi connectivity index (χ1n) is 4.65. The van der Waals surface area contributed by atoms with Crippen molar-refractivity contribution in [1.29, 1.82) is 0 Å². The lowest BCUT2D eigenvalue weighted by atomic mass is 10.0. The van der Waals surface area contributed by atoms with Crippen molar-refractivity contribution in [1.82, 2.24) is 0 Å². The van der Waals surface area contributed by atoms with E-state index < -0.39 is 17.7 Å².